The summed E-state index contributed by atoms with van der Waals surface area (Å²) in [6, 6.07) is 7.58. The molecule has 1 unspecified atom stereocenters. The summed E-state index contributed by atoms with van der Waals surface area (Å²) in [5.41, 5.74) is 2.72. The SMILES string of the molecule is CCNC(=NCc1ccc(C(=O)N(C)C)cc1)N(C)Cc1csc(C(C)OC)n1.I. The monoisotopic (exact) mass is 545 g/mol. The van der Waals surface area contributed by atoms with Crippen LogP contribution < -0.4 is 5.32 Å². The zero-order valence-corrected chi connectivity index (χ0v) is 21.7. The second-order valence-electron chi connectivity index (χ2n) is 6.98. The summed E-state index contributed by atoms with van der Waals surface area (Å²) in [5, 5.41) is 6.36. The number of halogens is 1. The first-order valence-electron chi connectivity index (χ1n) is 9.62. The number of benzene rings is 1. The highest BCUT2D eigenvalue weighted by molar-refractivity contribution is 14.0. The number of amides is 1. The molecule has 0 saturated carbocycles. The number of thiazole rings is 1. The molecule has 1 aromatic heterocycles. The van der Waals surface area contributed by atoms with E-state index in [-0.39, 0.29) is 36.0 Å². The molecule has 0 aliphatic rings. The van der Waals surface area contributed by atoms with E-state index in [0.717, 1.165) is 28.8 Å². The van der Waals surface area contributed by atoms with Gasteiger partial charge in [0.1, 0.15) is 11.1 Å². The van der Waals surface area contributed by atoms with E-state index in [9.17, 15) is 4.79 Å². The van der Waals surface area contributed by atoms with Gasteiger partial charge in [-0.25, -0.2) is 9.98 Å². The highest BCUT2D eigenvalue weighted by atomic mass is 127. The van der Waals surface area contributed by atoms with Crippen molar-refractivity contribution in [3.63, 3.8) is 0 Å². The largest absolute Gasteiger partial charge is 0.375 e. The van der Waals surface area contributed by atoms with E-state index < -0.39 is 0 Å². The number of methoxy groups -OCH3 is 1. The Bertz CT molecular complexity index is 823. The van der Waals surface area contributed by atoms with Crippen LogP contribution in [0.2, 0.25) is 0 Å². The van der Waals surface area contributed by atoms with E-state index >= 15 is 0 Å². The van der Waals surface area contributed by atoms with Crippen LogP contribution in [0.1, 0.15) is 46.6 Å². The molecule has 0 radical (unpaired) electrons. The lowest BCUT2D eigenvalue weighted by atomic mass is 10.1. The molecule has 0 aliphatic heterocycles. The van der Waals surface area contributed by atoms with E-state index in [1.54, 1.807) is 37.4 Å². The van der Waals surface area contributed by atoms with Crippen molar-refractivity contribution in [2.75, 3.05) is 34.8 Å². The number of nitrogens with one attached hydrogen (secondary N) is 1. The van der Waals surface area contributed by atoms with Crippen molar-refractivity contribution < 1.29 is 9.53 Å². The number of aromatic nitrogens is 1. The number of rotatable bonds is 8. The summed E-state index contributed by atoms with van der Waals surface area (Å²) < 4.78 is 5.34. The molecule has 1 N–H and O–H groups in total. The Morgan fingerprint density at radius 3 is 2.50 bits per heavy atom. The fourth-order valence-electron chi connectivity index (χ4n) is 2.65. The third kappa shape index (κ3) is 7.51. The van der Waals surface area contributed by atoms with Gasteiger partial charge in [-0.05, 0) is 31.5 Å². The van der Waals surface area contributed by atoms with Crippen LogP contribution in [-0.2, 0) is 17.8 Å². The van der Waals surface area contributed by atoms with Crippen LogP contribution in [0.3, 0.4) is 0 Å². The number of carbonyl (C=O) groups is 1. The minimum Gasteiger partial charge on any atom is -0.375 e. The van der Waals surface area contributed by atoms with Crippen LogP contribution in [0.5, 0.6) is 0 Å². The summed E-state index contributed by atoms with van der Waals surface area (Å²) in [7, 11) is 7.19. The van der Waals surface area contributed by atoms with Gasteiger partial charge in [0.2, 0.25) is 0 Å². The van der Waals surface area contributed by atoms with Gasteiger partial charge in [0.25, 0.3) is 5.91 Å². The van der Waals surface area contributed by atoms with Crippen molar-refractivity contribution >= 4 is 47.2 Å². The van der Waals surface area contributed by atoms with Gasteiger partial charge in [-0.1, -0.05) is 12.1 Å². The average molecular weight is 545 g/mol. The van der Waals surface area contributed by atoms with Crippen LogP contribution in [0.25, 0.3) is 0 Å². The fourth-order valence-corrected chi connectivity index (χ4v) is 3.49. The first kappa shape index (κ1) is 26.3. The van der Waals surface area contributed by atoms with Crippen LogP contribution in [0, 0.1) is 0 Å². The predicted octanol–water partition coefficient (Wildman–Crippen LogP) is 3.77. The Morgan fingerprint density at radius 2 is 1.93 bits per heavy atom. The molecular formula is C21H32IN5O2S. The van der Waals surface area contributed by atoms with Gasteiger partial charge in [0.05, 0.1) is 18.8 Å². The molecule has 1 aromatic carbocycles. The number of carbonyl (C=O) groups excluding carboxylic acids is 1. The lowest BCUT2D eigenvalue weighted by Gasteiger charge is -2.21. The summed E-state index contributed by atoms with van der Waals surface area (Å²) in [6.07, 6.45) is 0.00306. The highest BCUT2D eigenvalue weighted by Gasteiger charge is 2.13. The van der Waals surface area contributed by atoms with Crippen molar-refractivity contribution in [3.05, 3.63) is 51.5 Å². The number of hydrogen-bond donors (Lipinski definition) is 1. The molecule has 0 fully saturated rings. The summed E-state index contributed by atoms with van der Waals surface area (Å²) in [4.78, 5) is 25.0. The second-order valence-corrected chi connectivity index (χ2v) is 7.87. The maximum Gasteiger partial charge on any atom is 0.253 e. The molecule has 0 bridgehead atoms. The molecule has 1 heterocycles. The highest BCUT2D eigenvalue weighted by Crippen LogP contribution is 2.21. The second kappa shape index (κ2) is 12.9. The summed E-state index contributed by atoms with van der Waals surface area (Å²) in [6.45, 7) is 6.02. The minimum absolute atomic E-state index is 0. The number of aliphatic imine (C=N–C) groups is 1. The third-order valence-electron chi connectivity index (χ3n) is 4.38. The van der Waals surface area contributed by atoms with Gasteiger partial charge in [-0.3, -0.25) is 4.79 Å². The van der Waals surface area contributed by atoms with Gasteiger partial charge in [-0.2, -0.15) is 0 Å². The van der Waals surface area contributed by atoms with E-state index in [2.05, 4.69) is 20.6 Å². The van der Waals surface area contributed by atoms with Crippen LogP contribution in [0.15, 0.2) is 34.6 Å². The Balaban J connectivity index is 0.00000450. The molecule has 0 aliphatic carbocycles. The summed E-state index contributed by atoms with van der Waals surface area (Å²) in [5.74, 6) is 0.814. The molecule has 30 heavy (non-hydrogen) atoms. The average Bonchev–Trinajstić information content (AvgIpc) is 3.18. The van der Waals surface area contributed by atoms with Gasteiger partial charge >= 0.3 is 0 Å². The predicted molar refractivity (Wildman–Crippen MR) is 134 cm³/mol. The van der Waals surface area contributed by atoms with Crippen LogP contribution in [-0.4, -0.2) is 61.4 Å². The molecule has 0 spiro atoms. The van der Waals surface area contributed by atoms with Gasteiger partial charge in [0.15, 0.2) is 5.96 Å². The molecular weight excluding hydrogens is 513 g/mol. The zero-order chi connectivity index (χ0) is 21.4. The van der Waals surface area contributed by atoms with Crippen molar-refractivity contribution in [1.29, 1.82) is 0 Å². The lowest BCUT2D eigenvalue weighted by molar-refractivity contribution is 0.0827. The van der Waals surface area contributed by atoms with Crippen LogP contribution in [0.4, 0.5) is 0 Å². The first-order valence-corrected chi connectivity index (χ1v) is 10.5. The standard InChI is InChI=1S/C21H31N5O2S.HI/c1-7-22-21(26(5)13-18-14-29-19(24-18)15(2)28-6)23-12-16-8-10-17(11-9-16)20(27)25(3)4;/h8-11,14-15H,7,12-13H2,1-6H3,(H,22,23);1H. The van der Waals surface area contributed by atoms with E-state index in [1.165, 1.54) is 0 Å². The molecule has 7 nitrogen and oxygen atoms in total. The maximum absolute atomic E-state index is 12.0. The van der Waals surface area contributed by atoms with Crippen molar-refractivity contribution in [1.82, 2.24) is 20.1 Å². The molecule has 2 rings (SSSR count). The van der Waals surface area contributed by atoms with Crippen molar-refractivity contribution in [2.45, 2.75) is 33.0 Å². The Labute approximate surface area is 200 Å². The molecule has 1 amide bonds. The Morgan fingerprint density at radius 1 is 1.27 bits per heavy atom. The van der Waals surface area contributed by atoms with Crippen molar-refractivity contribution in [2.24, 2.45) is 4.99 Å². The quantitative estimate of drug-likeness (QED) is 0.311. The normalized spacial score (nSPS) is 12.1. The first-order chi connectivity index (χ1) is 13.8. The van der Waals surface area contributed by atoms with Gasteiger partial charge in [0, 0.05) is 45.7 Å². The lowest BCUT2D eigenvalue weighted by Crippen LogP contribution is -2.38. The van der Waals surface area contributed by atoms with Gasteiger partial charge in [-0.15, -0.1) is 35.3 Å². The van der Waals surface area contributed by atoms with E-state index in [4.69, 9.17) is 9.73 Å². The van der Waals surface area contributed by atoms with Gasteiger partial charge < -0.3 is 19.9 Å². The van der Waals surface area contributed by atoms with Crippen LogP contribution >= 0.6 is 35.3 Å². The third-order valence-corrected chi connectivity index (χ3v) is 5.44. The minimum atomic E-state index is -0.00135. The molecule has 2 aromatic rings. The molecule has 9 heteroatoms. The smallest absolute Gasteiger partial charge is 0.253 e. The Hall–Kier alpha value is -1.72. The number of ether oxygens (including phenoxy) is 1. The Kier molecular flexibility index (Phi) is 11.3. The van der Waals surface area contributed by atoms with Crippen molar-refractivity contribution in [3.8, 4) is 0 Å². The van der Waals surface area contributed by atoms with E-state index in [1.807, 2.05) is 45.2 Å². The maximum atomic E-state index is 12.0. The van der Waals surface area contributed by atoms with E-state index in [0.29, 0.717) is 18.7 Å². The fraction of sp³-hybridized carbons (Fsp3) is 0.476. The number of hydrogen-bond acceptors (Lipinski definition) is 5. The summed E-state index contributed by atoms with van der Waals surface area (Å²) >= 11 is 1.61. The number of guanidine groups is 1. The molecule has 166 valence electrons. The molecule has 0 saturated heterocycles. The topological polar surface area (TPSA) is 70.1 Å². The molecule has 1 atom stereocenters. The number of nitrogens with zero attached hydrogens (tertiary/aromatic N) is 4. The zero-order valence-electron chi connectivity index (χ0n) is 18.5.